The van der Waals surface area contributed by atoms with Gasteiger partial charge in [0, 0.05) is 18.6 Å². The molecule has 0 aliphatic heterocycles. The summed E-state index contributed by atoms with van der Waals surface area (Å²) in [6.07, 6.45) is 2.56. The molecule has 0 aliphatic rings. The van der Waals surface area contributed by atoms with E-state index in [9.17, 15) is 9.18 Å². The summed E-state index contributed by atoms with van der Waals surface area (Å²) >= 11 is 0. The number of rotatable bonds is 1. The van der Waals surface area contributed by atoms with E-state index in [1.165, 1.54) is 6.07 Å². The quantitative estimate of drug-likeness (QED) is 0.746. The topological polar surface area (TPSA) is 55.1 Å². The van der Waals surface area contributed by atoms with E-state index in [0.717, 1.165) is 6.20 Å². The number of halogens is 1. The SMILES string of the molecule is Cn1ccc2c(C(=O)O)c(F)cnc21. The highest BCUT2D eigenvalue weighted by Gasteiger charge is 2.16. The van der Waals surface area contributed by atoms with Crippen molar-refractivity contribution < 1.29 is 14.3 Å². The Bertz CT molecular complexity index is 519. The van der Waals surface area contributed by atoms with Crippen LogP contribution >= 0.6 is 0 Å². The van der Waals surface area contributed by atoms with Gasteiger partial charge in [-0.25, -0.2) is 14.2 Å². The number of aromatic nitrogens is 2. The van der Waals surface area contributed by atoms with Crippen LogP contribution in [0.25, 0.3) is 11.0 Å². The summed E-state index contributed by atoms with van der Waals surface area (Å²) in [5.41, 5.74) is 0.138. The molecule has 0 aromatic carbocycles. The Hall–Kier alpha value is -1.91. The van der Waals surface area contributed by atoms with Crippen LogP contribution in [0.4, 0.5) is 4.39 Å². The van der Waals surface area contributed by atoms with Crippen molar-refractivity contribution in [2.45, 2.75) is 0 Å². The lowest BCUT2D eigenvalue weighted by Gasteiger charge is -1.99. The molecule has 2 rings (SSSR count). The maximum atomic E-state index is 13.1. The van der Waals surface area contributed by atoms with Crippen molar-refractivity contribution in [2.24, 2.45) is 7.05 Å². The summed E-state index contributed by atoms with van der Waals surface area (Å²) in [5.74, 6) is -2.09. The Balaban J connectivity index is 2.90. The second kappa shape index (κ2) is 2.80. The van der Waals surface area contributed by atoms with Crippen molar-refractivity contribution in [1.29, 1.82) is 0 Å². The maximum absolute atomic E-state index is 13.1. The molecule has 2 heterocycles. The number of fused-ring (bicyclic) bond motifs is 1. The van der Waals surface area contributed by atoms with Crippen LogP contribution in [-0.2, 0) is 7.05 Å². The van der Waals surface area contributed by atoms with E-state index in [1.807, 2.05) is 0 Å². The third-order valence-electron chi connectivity index (χ3n) is 2.06. The molecule has 1 N–H and O–H groups in total. The summed E-state index contributed by atoms with van der Waals surface area (Å²) < 4.78 is 14.8. The molecule has 0 fully saturated rings. The summed E-state index contributed by atoms with van der Waals surface area (Å²) in [6, 6.07) is 1.54. The van der Waals surface area contributed by atoms with Crippen LogP contribution in [0.15, 0.2) is 18.5 Å². The number of hydrogen-bond donors (Lipinski definition) is 1. The third kappa shape index (κ3) is 1.06. The molecule has 0 atom stereocenters. The number of carbonyl (C=O) groups is 1. The Morgan fingerprint density at radius 2 is 2.36 bits per heavy atom. The van der Waals surface area contributed by atoms with Gasteiger partial charge in [-0.1, -0.05) is 0 Å². The second-order valence-electron chi connectivity index (χ2n) is 2.95. The highest BCUT2D eigenvalue weighted by Crippen LogP contribution is 2.19. The van der Waals surface area contributed by atoms with Crippen molar-refractivity contribution in [3.05, 3.63) is 29.8 Å². The zero-order chi connectivity index (χ0) is 10.3. The Labute approximate surface area is 78.6 Å². The number of aryl methyl sites for hydroxylation is 1. The lowest BCUT2D eigenvalue weighted by atomic mass is 10.2. The van der Waals surface area contributed by atoms with Gasteiger partial charge in [0.05, 0.1) is 6.20 Å². The van der Waals surface area contributed by atoms with Gasteiger partial charge < -0.3 is 9.67 Å². The molecule has 0 spiro atoms. The standard InChI is InChI=1S/C9H7FN2O2/c1-12-3-2-5-7(9(13)14)6(10)4-11-8(5)12/h2-4H,1H3,(H,13,14). The van der Waals surface area contributed by atoms with Gasteiger partial charge in [-0.05, 0) is 6.07 Å². The number of pyridine rings is 1. The summed E-state index contributed by atoms with van der Waals surface area (Å²) in [7, 11) is 1.72. The number of nitrogens with zero attached hydrogens (tertiary/aromatic N) is 2. The fourth-order valence-electron chi connectivity index (χ4n) is 1.41. The van der Waals surface area contributed by atoms with E-state index in [2.05, 4.69) is 4.98 Å². The van der Waals surface area contributed by atoms with E-state index in [4.69, 9.17) is 5.11 Å². The molecule has 4 nitrogen and oxygen atoms in total. The van der Waals surface area contributed by atoms with Crippen LogP contribution in [0.5, 0.6) is 0 Å². The predicted molar refractivity (Wildman–Crippen MR) is 47.6 cm³/mol. The first kappa shape index (κ1) is 8.68. The second-order valence-corrected chi connectivity index (χ2v) is 2.95. The van der Waals surface area contributed by atoms with E-state index in [1.54, 1.807) is 17.8 Å². The fourth-order valence-corrected chi connectivity index (χ4v) is 1.41. The maximum Gasteiger partial charge on any atom is 0.339 e. The highest BCUT2D eigenvalue weighted by atomic mass is 19.1. The van der Waals surface area contributed by atoms with Crippen LogP contribution < -0.4 is 0 Å². The van der Waals surface area contributed by atoms with E-state index < -0.39 is 11.8 Å². The minimum absolute atomic E-state index is 0.319. The average Bonchev–Trinajstić information content (AvgIpc) is 2.47. The smallest absolute Gasteiger partial charge is 0.339 e. The summed E-state index contributed by atoms with van der Waals surface area (Å²) in [5, 5.41) is 9.12. The molecule has 0 aliphatic carbocycles. The zero-order valence-electron chi connectivity index (χ0n) is 7.36. The first-order valence-corrected chi connectivity index (χ1v) is 3.94. The molecule has 2 aromatic heterocycles. The average molecular weight is 194 g/mol. The molecule has 72 valence electrons. The monoisotopic (exact) mass is 194 g/mol. The Kier molecular flexibility index (Phi) is 1.73. The molecule has 14 heavy (non-hydrogen) atoms. The molecule has 0 radical (unpaired) electrons. The van der Waals surface area contributed by atoms with Crippen LogP contribution in [0.1, 0.15) is 10.4 Å². The van der Waals surface area contributed by atoms with Gasteiger partial charge in [-0.2, -0.15) is 0 Å². The fraction of sp³-hybridized carbons (Fsp3) is 0.111. The first-order valence-electron chi connectivity index (χ1n) is 3.94. The molecule has 2 aromatic rings. The number of carboxylic acid groups (broad SMARTS) is 1. The number of aromatic carboxylic acids is 1. The Morgan fingerprint density at radius 3 is 3.00 bits per heavy atom. The third-order valence-corrected chi connectivity index (χ3v) is 2.06. The highest BCUT2D eigenvalue weighted by molar-refractivity contribution is 6.01. The zero-order valence-corrected chi connectivity index (χ0v) is 7.36. The lowest BCUT2D eigenvalue weighted by molar-refractivity contribution is 0.0694. The van der Waals surface area contributed by atoms with E-state index >= 15 is 0 Å². The molecule has 0 unspecified atom stereocenters. The van der Waals surface area contributed by atoms with E-state index in [-0.39, 0.29) is 5.56 Å². The van der Waals surface area contributed by atoms with Crippen molar-refractivity contribution in [1.82, 2.24) is 9.55 Å². The predicted octanol–water partition coefficient (Wildman–Crippen LogP) is 1.41. The van der Waals surface area contributed by atoms with Crippen LogP contribution in [0, 0.1) is 5.82 Å². The lowest BCUT2D eigenvalue weighted by Crippen LogP contribution is -2.02. The van der Waals surface area contributed by atoms with Crippen molar-refractivity contribution in [2.75, 3.05) is 0 Å². The molecular weight excluding hydrogens is 187 g/mol. The molecular formula is C9H7FN2O2. The minimum atomic E-state index is -1.28. The number of hydrogen-bond acceptors (Lipinski definition) is 2. The summed E-state index contributed by atoms with van der Waals surface area (Å²) in [4.78, 5) is 14.6. The van der Waals surface area contributed by atoms with Crippen molar-refractivity contribution in [3.63, 3.8) is 0 Å². The number of carboxylic acids is 1. The Morgan fingerprint density at radius 1 is 1.64 bits per heavy atom. The molecule has 0 saturated heterocycles. The van der Waals surface area contributed by atoms with Crippen LogP contribution in [0.2, 0.25) is 0 Å². The van der Waals surface area contributed by atoms with Crippen molar-refractivity contribution >= 4 is 17.0 Å². The summed E-state index contributed by atoms with van der Waals surface area (Å²) in [6.45, 7) is 0. The molecule has 5 heteroatoms. The van der Waals surface area contributed by atoms with Gasteiger partial charge in [0.25, 0.3) is 0 Å². The van der Waals surface area contributed by atoms with Gasteiger partial charge in [0.2, 0.25) is 0 Å². The molecule has 0 saturated carbocycles. The first-order chi connectivity index (χ1) is 6.61. The molecule has 0 amide bonds. The van der Waals surface area contributed by atoms with E-state index in [0.29, 0.717) is 11.0 Å². The minimum Gasteiger partial charge on any atom is -0.478 e. The van der Waals surface area contributed by atoms with Gasteiger partial charge >= 0.3 is 5.97 Å². The van der Waals surface area contributed by atoms with Crippen LogP contribution in [-0.4, -0.2) is 20.6 Å². The normalized spacial score (nSPS) is 10.7. The van der Waals surface area contributed by atoms with Gasteiger partial charge in [0.1, 0.15) is 11.2 Å². The van der Waals surface area contributed by atoms with Crippen LogP contribution in [0.3, 0.4) is 0 Å². The van der Waals surface area contributed by atoms with Gasteiger partial charge in [0.15, 0.2) is 5.82 Å². The van der Waals surface area contributed by atoms with Gasteiger partial charge in [-0.15, -0.1) is 0 Å². The van der Waals surface area contributed by atoms with Crippen molar-refractivity contribution in [3.8, 4) is 0 Å². The largest absolute Gasteiger partial charge is 0.478 e. The van der Waals surface area contributed by atoms with Gasteiger partial charge in [-0.3, -0.25) is 0 Å². The molecule has 0 bridgehead atoms.